The van der Waals surface area contributed by atoms with Gasteiger partial charge in [-0.3, -0.25) is 14.4 Å². The molecule has 1 aromatic rings. The molecule has 1 saturated carbocycles. The topological polar surface area (TPSA) is 97.6 Å². The Kier molecular flexibility index (Phi) is 5.22. The number of rotatable bonds is 6. The zero-order chi connectivity index (χ0) is 17.9. The van der Waals surface area contributed by atoms with Crippen molar-refractivity contribution in [2.24, 2.45) is 5.41 Å². The zero-order valence-electron chi connectivity index (χ0n) is 14.4. The summed E-state index contributed by atoms with van der Waals surface area (Å²) in [6.07, 6.45) is 7.63. The predicted octanol–water partition coefficient (Wildman–Crippen LogP) is 1.43. The Morgan fingerprint density at radius 1 is 1.36 bits per heavy atom. The van der Waals surface area contributed by atoms with Crippen LogP contribution >= 0.6 is 0 Å². The minimum absolute atomic E-state index is 0.0157. The highest BCUT2D eigenvalue weighted by molar-refractivity contribution is 5.98. The largest absolute Gasteiger partial charge is 0.472 e. The van der Waals surface area contributed by atoms with Gasteiger partial charge in [-0.1, -0.05) is 19.8 Å². The summed E-state index contributed by atoms with van der Waals surface area (Å²) in [7, 11) is 0. The van der Waals surface area contributed by atoms with Crippen molar-refractivity contribution in [3.05, 3.63) is 24.2 Å². The van der Waals surface area contributed by atoms with Crippen LogP contribution in [0.15, 0.2) is 23.0 Å². The number of hydrogen-bond donors (Lipinski definition) is 2. The van der Waals surface area contributed by atoms with E-state index in [1.54, 1.807) is 6.07 Å². The summed E-state index contributed by atoms with van der Waals surface area (Å²) >= 11 is 0. The molecule has 7 heteroatoms. The van der Waals surface area contributed by atoms with Gasteiger partial charge in [0, 0.05) is 0 Å². The fourth-order valence-corrected chi connectivity index (χ4v) is 3.64. The lowest BCUT2D eigenvalue weighted by Gasteiger charge is -2.29. The number of nitrogens with one attached hydrogen (secondary N) is 2. The number of furan rings is 1. The molecule has 2 aliphatic rings. The third kappa shape index (κ3) is 4.28. The molecule has 2 amide bonds. The molecule has 0 radical (unpaired) electrons. The number of ketones is 1. The first kappa shape index (κ1) is 17.7. The van der Waals surface area contributed by atoms with Gasteiger partial charge in [-0.25, -0.2) is 0 Å². The Morgan fingerprint density at radius 2 is 2.12 bits per heavy atom. The summed E-state index contributed by atoms with van der Waals surface area (Å²) in [6, 6.07) is 0.228. The summed E-state index contributed by atoms with van der Waals surface area (Å²) in [4.78, 5) is 36.8. The monoisotopic (exact) mass is 348 g/mol. The molecule has 0 bridgehead atoms. The lowest BCUT2D eigenvalue weighted by molar-refractivity contribution is -0.127. The third-order valence-corrected chi connectivity index (χ3v) is 5.15. The van der Waals surface area contributed by atoms with Gasteiger partial charge in [0.25, 0.3) is 5.91 Å². The third-order valence-electron chi connectivity index (χ3n) is 5.15. The smallest absolute Gasteiger partial charge is 0.255 e. The second-order valence-corrected chi connectivity index (χ2v) is 7.30. The van der Waals surface area contributed by atoms with Crippen molar-refractivity contribution in [2.75, 3.05) is 13.2 Å². The van der Waals surface area contributed by atoms with Gasteiger partial charge in [0.15, 0.2) is 5.78 Å². The summed E-state index contributed by atoms with van der Waals surface area (Å²) in [5.74, 6) is -0.835. The fourth-order valence-electron chi connectivity index (χ4n) is 3.64. The molecule has 2 fully saturated rings. The van der Waals surface area contributed by atoms with E-state index < -0.39 is 12.1 Å². The van der Waals surface area contributed by atoms with Crippen molar-refractivity contribution in [1.82, 2.24) is 10.6 Å². The molecule has 1 aliphatic carbocycles. The molecule has 1 aromatic heterocycles. The average molecular weight is 348 g/mol. The minimum Gasteiger partial charge on any atom is -0.472 e. The first-order valence-corrected chi connectivity index (χ1v) is 8.71. The molecule has 2 N–H and O–H groups in total. The lowest BCUT2D eigenvalue weighted by atomic mass is 9.81. The van der Waals surface area contributed by atoms with Crippen molar-refractivity contribution in [1.29, 1.82) is 0 Å². The predicted molar refractivity (Wildman–Crippen MR) is 88.9 cm³/mol. The zero-order valence-corrected chi connectivity index (χ0v) is 14.4. The normalized spacial score (nSPS) is 23.4. The Bertz CT molecular complexity index is 634. The van der Waals surface area contributed by atoms with Gasteiger partial charge in [0.2, 0.25) is 5.91 Å². The van der Waals surface area contributed by atoms with Crippen LogP contribution in [0.4, 0.5) is 0 Å². The summed E-state index contributed by atoms with van der Waals surface area (Å²) in [6.45, 7) is 2.35. The van der Waals surface area contributed by atoms with Gasteiger partial charge in [-0.2, -0.15) is 0 Å². The van der Waals surface area contributed by atoms with E-state index in [-0.39, 0.29) is 36.2 Å². The quantitative estimate of drug-likeness (QED) is 0.810. The van der Waals surface area contributed by atoms with Crippen LogP contribution in [0.3, 0.4) is 0 Å². The van der Waals surface area contributed by atoms with Crippen LogP contribution in [-0.4, -0.2) is 42.9 Å². The molecule has 2 atom stereocenters. The van der Waals surface area contributed by atoms with Gasteiger partial charge in [0.1, 0.15) is 25.0 Å². The van der Waals surface area contributed by atoms with Crippen molar-refractivity contribution in [3.8, 4) is 0 Å². The van der Waals surface area contributed by atoms with Crippen molar-refractivity contribution in [3.63, 3.8) is 0 Å². The molecular weight excluding hydrogens is 324 g/mol. The lowest BCUT2D eigenvalue weighted by Crippen LogP contribution is -2.52. The molecule has 1 aliphatic heterocycles. The number of carbonyl (C=O) groups excluding carboxylic acids is 3. The highest BCUT2D eigenvalue weighted by atomic mass is 16.5. The standard InChI is InChI=1S/C18H24N2O5/c1-18(5-2-3-6-18)8-13(19-16(22)12-4-7-24-9-12)17(23)20-14-10-25-11-15(14)21/h4,7,9,13-14H,2-3,5-6,8,10-11H2,1H3,(H,19,22)(H,20,23)/t13-,14-/m0/s1. The fraction of sp³-hybridized carbons (Fsp3) is 0.611. The molecule has 2 heterocycles. The number of hydrogen-bond acceptors (Lipinski definition) is 5. The number of Topliss-reactive ketones (excluding diaryl/α,β-unsaturated/α-hetero) is 1. The first-order valence-electron chi connectivity index (χ1n) is 8.71. The van der Waals surface area contributed by atoms with Crippen molar-refractivity contribution < 1.29 is 23.5 Å². The average Bonchev–Trinajstić information content (AvgIpc) is 3.30. The van der Waals surface area contributed by atoms with Crippen molar-refractivity contribution >= 4 is 17.6 Å². The van der Waals surface area contributed by atoms with E-state index in [4.69, 9.17) is 9.15 Å². The molecule has 25 heavy (non-hydrogen) atoms. The van der Waals surface area contributed by atoms with E-state index in [2.05, 4.69) is 17.6 Å². The van der Waals surface area contributed by atoms with Crippen LogP contribution < -0.4 is 10.6 Å². The number of carbonyl (C=O) groups is 3. The van der Waals surface area contributed by atoms with Crippen LogP contribution in [0.5, 0.6) is 0 Å². The Balaban J connectivity index is 1.69. The highest BCUT2D eigenvalue weighted by Crippen LogP contribution is 2.41. The van der Waals surface area contributed by atoms with Gasteiger partial charge in [-0.05, 0) is 30.7 Å². The Labute approximate surface area is 146 Å². The summed E-state index contributed by atoms with van der Waals surface area (Å²) < 4.78 is 10.0. The molecule has 0 aromatic carbocycles. The number of amides is 2. The van der Waals surface area contributed by atoms with E-state index in [1.807, 2.05) is 0 Å². The van der Waals surface area contributed by atoms with E-state index >= 15 is 0 Å². The maximum atomic E-state index is 12.7. The Morgan fingerprint density at radius 3 is 2.72 bits per heavy atom. The highest BCUT2D eigenvalue weighted by Gasteiger charge is 2.37. The number of ether oxygens (including phenoxy) is 1. The van der Waals surface area contributed by atoms with Gasteiger partial charge in [0.05, 0.1) is 18.4 Å². The maximum absolute atomic E-state index is 12.7. The van der Waals surface area contributed by atoms with Gasteiger partial charge in [-0.15, -0.1) is 0 Å². The maximum Gasteiger partial charge on any atom is 0.255 e. The first-order chi connectivity index (χ1) is 12.0. The van der Waals surface area contributed by atoms with Crippen LogP contribution in [-0.2, 0) is 14.3 Å². The summed E-state index contributed by atoms with van der Waals surface area (Å²) in [5.41, 5.74) is 0.386. The van der Waals surface area contributed by atoms with Gasteiger partial charge >= 0.3 is 0 Å². The molecular formula is C18H24N2O5. The van der Waals surface area contributed by atoms with Crippen molar-refractivity contribution in [2.45, 2.75) is 51.1 Å². The van der Waals surface area contributed by atoms with E-state index in [0.717, 1.165) is 25.7 Å². The van der Waals surface area contributed by atoms with E-state index in [1.165, 1.54) is 12.5 Å². The molecule has 7 nitrogen and oxygen atoms in total. The second-order valence-electron chi connectivity index (χ2n) is 7.30. The van der Waals surface area contributed by atoms with Crippen LogP contribution in [0.2, 0.25) is 0 Å². The minimum atomic E-state index is -0.695. The summed E-state index contributed by atoms with van der Waals surface area (Å²) in [5, 5.41) is 5.52. The molecule has 136 valence electrons. The van der Waals surface area contributed by atoms with Crippen LogP contribution in [0.25, 0.3) is 0 Å². The molecule has 3 rings (SSSR count). The Hall–Kier alpha value is -2.15. The van der Waals surface area contributed by atoms with E-state index in [0.29, 0.717) is 12.0 Å². The molecule has 1 saturated heterocycles. The van der Waals surface area contributed by atoms with E-state index in [9.17, 15) is 14.4 Å². The molecule has 0 spiro atoms. The second kappa shape index (κ2) is 7.39. The SMILES string of the molecule is CC1(C[C@H](NC(=O)c2ccoc2)C(=O)N[C@H]2COCC2=O)CCCC1. The van der Waals surface area contributed by atoms with Crippen LogP contribution in [0.1, 0.15) is 49.4 Å². The van der Waals surface area contributed by atoms with Gasteiger partial charge < -0.3 is 19.8 Å². The molecule has 0 unspecified atom stereocenters. The van der Waals surface area contributed by atoms with Crippen LogP contribution in [0, 0.1) is 5.41 Å².